The Hall–Kier alpha value is -5.21. The molecular weight excluding hydrogens is 744 g/mol. The summed E-state index contributed by atoms with van der Waals surface area (Å²) in [7, 11) is 2.07. The molecule has 2 saturated heterocycles. The summed E-state index contributed by atoms with van der Waals surface area (Å²) in [6.45, 7) is 4.98. The molecule has 3 N–H and O–H groups in total. The van der Waals surface area contributed by atoms with Crippen LogP contribution in [0.4, 0.5) is 5.69 Å². The molecule has 4 heterocycles. The second kappa shape index (κ2) is 17.9. The number of hydrogen-bond donors (Lipinski definition) is 3. The minimum absolute atomic E-state index is 0.0145. The molecule has 3 aromatic carbocycles. The number of anilines is 1. The molecule has 298 valence electrons. The molecule has 0 aliphatic carbocycles. The monoisotopic (exact) mass is 792 g/mol. The maximum absolute atomic E-state index is 14.0. The van der Waals surface area contributed by atoms with Gasteiger partial charge >= 0.3 is 0 Å². The van der Waals surface area contributed by atoms with Crippen LogP contribution in [0.25, 0.3) is 21.8 Å². The summed E-state index contributed by atoms with van der Waals surface area (Å²) in [5.41, 5.74) is 1.74. The number of nitrogens with one attached hydrogen (secondary N) is 2. The van der Waals surface area contributed by atoms with E-state index in [9.17, 15) is 24.3 Å². The number of piperidine rings is 1. The average Bonchev–Trinajstić information content (AvgIpc) is 3.21. The molecule has 0 saturated carbocycles. The molecule has 0 spiro atoms. The first-order chi connectivity index (χ1) is 27.5. The normalized spacial score (nSPS) is 16.7. The minimum atomic E-state index is -1.20. The van der Waals surface area contributed by atoms with Crippen LogP contribution in [0.3, 0.4) is 0 Å². The van der Waals surface area contributed by atoms with Gasteiger partial charge in [-0.15, -0.1) is 0 Å². The highest BCUT2D eigenvalue weighted by atomic mass is 35.5. The van der Waals surface area contributed by atoms with E-state index in [0.717, 1.165) is 37.1 Å². The number of benzene rings is 3. The Morgan fingerprint density at radius 1 is 0.895 bits per heavy atom. The number of halogens is 1. The lowest BCUT2D eigenvalue weighted by Gasteiger charge is -2.39. The van der Waals surface area contributed by atoms with Crippen molar-refractivity contribution in [2.45, 2.75) is 44.2 Å². The van der Waals surface area contributed by atoms with E-state index in [4.69, 9.17) is 11.6 Å². The average molecular weight is 793 g/mol. The number of hydrogen-bond acceptors (Lipinski definition) is 9. The fourth-order valence-electron chi connectivity index (χ4n) is 7.75. The van der Waals surface area contributed by atoms with Gasteiger partial charge in [0.1, 0.15) is 0 Å². The number of piperazine rings is 1. The Bertz CT molecular complexity index is 2290. The molecule has 5 aromatic rings. The number of likely N-dealkylation sites (N-methyl/N-ethyl adjacent to an activating group) is 1. The lowest BCUT2D eigenvalue weighted by atomic mass is 9.88. The Labute approximate surface area is 336 Å². The molecule has 2 aromatic heterocycles. The van der Waals surface area contributed by atoms with Crippen molar-refractivity contribution in [3.05, 3.63) is 112 Å². The van der Waals surface area contributed by atoms with E-state index in [1.807, 2.05) is 35.2 Å². The van der Waals surface area contributed by atoms with E-state index in [0.29, 0.717) is 91.0 Å². The van der Waals surface area contributed by atoms with Crippen LogP contribution >= 0.6 is 11.6 Å². The number of amides is 3. The summed E-state index contributed by atoms with van der Waals surface area (Å²) in [4.78, 5) is 68.2. The van der Waals surface area contributed by atoms with E-state index in [2.05, 4.69) is 37.4 Å². The zero-order valence-electron chi connectivity index (χ0n) is 32.2. The summed E-state index contributed by atoms with van der Waals surface area (Å²) in [6.07, 6.45) is 5.40. The maximum Gasteiger partial charge on any atom is 0.261 e. The SMILES string of the molecule is CN1CCN(CC(=O)Nc2ccc3c(=O)n(CC4(O)CCN(C(=O)C(CCCNC(=O)c5ccc6c(Cl)ccnc6c5)Cc5ccccc5)CC4)cnc3c2)CC1. The maximum atomic E-state index is 14.0. The minimum Gasteiger partial charge on any atom is -0.388 e. The molecule has 57 heavy (non-hydrogen) atoms. The summed E-state index contributed by atoms with van der Waals surface area (Å²) in [5, 5.41) is 19.3. The number of likely N-dealkylation sites (tertiary alicyclic amines) is 1. The lowest BCUT2D eigenvalue weighted by molar-refractivity contribution is -0.140. The Balaban J connectivity index is 0.931. The summed E-state index contributed by atoms with van der Waals surface area (Å²) < 4.78 is 1.43. The summed E-state index contributed by atoms with van der Waals surface area (Å²) in [6, 6.07) is 21.9. The zero-order valence-corrected chi connectivity index (χ0v) is 33.0. The van der Waals surface area contributed by atoms with Crippen molar-refractivity contribution >= 4 is 56.8 Å². The predicted molar refractivity (Wildman–Crippen MR) is 221 cm³/mol. The molecule has 2 aliphatic heterocycles. The molecule has 1 unspecified atom stereocenters. The summed E-state index contributed by atoms with van der Waals surface area (Å²) in [5.74, 6) is -0.625. The van der Waals surface area contributed by atoms with Crippen LogP contribution in [0.1, 0.15) is 41.6 Å². The molecule has 13 nitrogen and oxygen atoms in total. The third-order valence-electron chi connectivity index (χ3n) is 11.2. The third-order valence-corrected chi connectivity index (χ3v) is 11.5. The first kappa shape index (κ1) is 40.0. The van der Waals surface area contributed by atoms with Crippen molar-refractivity contribution < 1.29 is 19.5 Å². The lowest BCUT2D eigenvalue weighted by Crippen LogP contribution is -2.51. The smallest absolute Gasteiger partial charge is 0.261 e. The Morgan fingerprint density at radius 2 is 1.63 bits per heavy atom. The van der Waals surface area contributed by atoms with Crippen LogP contribution in [-0.2, 0) is 22.6 Å². The second-order valence-corrected chi connectivity index (χ2v) is 15.8. The van der Waals surface area contributed by atoms with Crippen LogP contribution in [0.5, 0.6) is 0 Å². The Kier molecular flexibility index (Phi) is 12.6. The largest absolute Gasteiger partial charge is 0.388 e. The highest BCUT2D eigenvalue weighted by Gasteiger charge is 2.36. The van der Waals surface area contributed by atoms with Gasteiger partial charge in [-0.05, 0) is 81.1 Å². The van der Waals surface area contributed by atoms with Crippen LogP contribution in [0.2, 0.25) is 5.02 Å². The van der Waals surface area contributed by atoms with Gasteiger partial charge in [0.2, 0.25) is 11.8 Å². The van der Waals surface area contributed by atoms with Crippen molar-refractivity contribution in [3.8, 4) is 0 Å². The number of carbonyl (C=O) groups is 3. The van der Waals surface area contributed by atoms with Crippen molar-refractivity contribution in [3.63, 3.8) is 0 Å². The van der Waals surface area contributed by atoms with Gasteiger partial charge in [-0.3, -0.25) is 33.6 Å². The standard InChI is InChI=1S/C43H49ClN8O5/c1-49-20-22-50(23-21-49)27-39(53)48-33-10-12-35-38(26-33)47-29-52(42(35)56)28-43(57)14-18-51(19-15-43)41(55)32(24-30-6-3-2-4-7-30)8-5-16-46-40(54)31-9-11-34-36(44)13-17-45-37(34)25-31/h2-4,6-7,9-13,17,25-26,29,32,57H,5,8,14-16,18-24,27-28H2,1H3,(H,46,54)(H,48,53). The fraction of sp³-hybridized carbons (Fsp3) is 0.395. The number of rotatable bonds is 13. The Morgan fingerprint density at radius 3 is 2.40 bits per heavy atom. The number of aromatic nitrogens is 3. The van der Waals surface area contributed by atoms with Crippen LogP contribution < -0.4 is 16.2 Å². The molecule has 14 heteroatoms. The molecule has 2 fully saturated rings. The number of nitrogens with zero attached hydrogens (tertiary/aromatic N) is 6. The fourth-order valence-corrected chi connectivity index (χ4v) is 7.97. The van der Waals surface area contributed by atoms with E-state index in [-0.39, 0.29) is 35.7 Å². The molecule has 0 radical (unpaired) electrons. The van der Waals surface area contributed by atoms with E-state index >= 15 is 0 Å². The van der Waals surface area contributed by atoms with E-state index in [1.165, 1.54) is 10.9 Å². The van der Waals surface area contributed by atoms with Crippen LogP contribution in [0, 0.1) is 5.92 Å². The predicted octanol–water partition coefficient (Wildman–Crippen LogP) is 4.21. The highest BCUT2D eigenvalue weighted by Crippen LogP contribution is 2.27. The molecule has 0 bridgehead atoms. The van der Waals surface area contributed by atoms with Gasteiger partial charge in [-0.2, -0.15) is 0 Å². The second-order valence-electron chi connectivity index (χ2n) is 15.4. The first-order valence-corrected chi connectivity index (χ1v) is 20.0. The number of aliphatic hydroxyl groups is 1. The van der Waals surface area contributed by atoms with Crippen molar-refractivity contribution in [2.24, 2.45) is 5.92 Å². The van der Waals surface area contributed by atoms with Gasteiger partial charge in [0, 0.05) is 74.6 Å². The zero-order chi connectivity index (χ0) is 39.9. The highest BCUT2D eigenvalue weighted by molar-refractivity contribution is 6.35. The number of fused-ring (bicyclic) bond motifs is 2. The molecule has 2 aliphatic rings. The van der Waals surface area contributed by atoms with E-state index in [1.54, 1.807) is 48.7 Å². The third kappa shape index (κ3) is 10.0. The van der Waals surface area contributed by atoms with Crippen molar-refractivity contribution in [2.75, 3.05) is 64.7 Å². The van der Waals surface area contributed by atoms with Crippen LogP contribution in [0.15, 0.2) is 90.1 Å². The van der Waals surface area contributed by atoms with Gasteiger partial charge in [0.05, 0.1) is 46.5 Å². The van der Waals surface area contributed by atoms with Gasteiger partial charge < -0.3 is 25.5 Å². The molecule has 3 amide bonds. The number of pyridine rings is 1. The van der Waals surface area contributed by atoms with Gasteiger partial charge in [0.25, 0.3) is 11.5 Å². The molecule has 1 atom stereocenters. The van der Waals surface area contributed by atoms with Gasteiger partial charge in [-0.25, -0.2) is 4.98 Å². The van der Waals surface area contributed by atoms with Gasteiger partial charge in [-0.1, -0.05) is 48.0 Å². The topological polar surface area (TPSA) is 153 Å². The van der Waals surface area contributed by atoms with E-state index < -0.39 is 5.60 Å². The first-order valence-electron chi connectivity index (χ1n) is 19.6. The van der Waals surface area contributed by atoms with Gasteiger partial charge in [0.15, 0.2) is 0 Å². The number of carbonyl (C=O) groups excluding carboxylic acids is 3. The molecule has 7 rings (SSSR count). The van der Waals surface area contributed by atoms with Crippen molar-refractivity contribution in [1.29, 1.82) is 0 Å². The van der Waals surface area contributed by atoms with Crippen LogP contribution in [-0.4, -0.2) is 117 Å². The molecular formula is C43H49ClN8O5. The quantitative estimate of drug-likeness (QED) is 0.149. The van der Waals surface area contributed by atoms with Crippen molar-refractivity contribution in [1.82, 2.24) is 34.6 Å². The summed E-state index contributed by atoms with van der Waals surface area (Å²) >= 11 is 6.26.